The van der Waals surface area contributed by atoms with Crippen molar-refractivity contribution >= 4 is 33.8 Å². The Bertz CT molecular complexity index is 1290. The monoisotopic (exact) mass is 681 g/mol. The van der Waals surface area contributed by atoms with E-state index in [0.29, 0.717) is 0 Å². The van der Waals surface area contributed by atoms with Crippen molar-refractivity contribution in [3.63, 3.8) is 0 Å². The Balaban J connectivity index is 0.000000394. The number of rotatable bonds is 8. The first-order valence-electron chi connectivity index (χ1n) is 15.0. The molecule has 0 fully saturated rings. The van der Waals surface area contributed by atoms with Gasteiger partial charge in [-0.1, -0.05) is 107 Å². The van der Waals surface area contributed by atoms with Gasteiger partial charge in [0.05, 0.1) is 0 Å². The minimum Gasteiger partial charge on any atom is -0.459 e. The molecule has 3 rings (SSSR count). The van der Waals surface area contributed by atoms with Crippen molar-refractivity contribution in [3.8, 4) is 0 Å². The number of hydrogen-bond donors (Lipinski definition) is 0. The Kier molecular flexibility index (Phi) is 13.6. The molecule has 3 unspecified atom stereocenters. The van der Waals surface area contributed by atoms with E-state index in [1.54, 1.807) is 11.9 Å². The van der Waals surface area contributed by atoms with E-state index in [4.69, 9.17) is 14.2 Å². The number of ether oxygens (including phenoxy) is 3. The minimum atomic E-state index is -0.775. The van der Waals surface area contributed by atoms with Gasteiger partial charge in [0.25, 0.3) is 0 Å². The van der Waals surface area contributed by atoms with E-state index in [-0.39, 0.29) is 5.97 Å². The van der Waals surface area contributed by atoms with E-state index in [0.717, 1.165) is 16.7 Å². The minimum absolute atomic E-state index is 0.256. The van der Waals surface area contributed by atoms with Crippen LogP contribution < -0.4 is 0 Å². The number of carbonyl (C=O) groups is 3. The maximum Gasteiger partial charge on any atom is 0.328 e. The van der Waals surface area contributed by atoms with Crippen molar-refractivity contribution in [2.24, 2.45) is 0 Å². The molecule has 45 heavy (non-hydrogen) atoms. The van der Waals surface area contributed by atoms with E-state index < -0.39 is 45.7 Å². The number of hydrogen-bond acceptors (Lipinski definition) is 7. The highest BCUT2D eigenvalue weighted by Crippen LogP contribution is 2.33. The number of nitrogens with zero attached hydrogens (tertiary/aromatic N) is 1. The van der Waals surface area contributed by atoms with Gasteiger partial charge in [0.15, 0.2) is 0 Å². The van der Waals surface area contributed by atoms with Crippen LogP contribution in [0.25, 0.3) is 0 Å². The molecule has 0 aromatic heterocycles. The summed E-state index contributed by atoms with van der Waals surface area (Å²) >= 11 is 3.33. The zero-order valence-corrected chi connectivity index (χ0v) is 29.8. The zero-order valence-electron chi connectivity index (χ0n) is 28.2. The number of esters is 3. The molecule has 0 N–H and O–H groups in total. The van der Waals surface area contributed by atoms with Gasteiger partial charge in [-0.2, -0.15) is 0 Å². The maximum absolute atomic E-state index is 13.2. The lowest BCUT2D eigenvalue weighted by atomic mass is 9.99. The molecule has 3 aromatic carbocycles. The highest BCUT2D eigenvalue weighted by Gasteiger charge is 2.39. The van der Waals surface area contributed by atoms with Crippen molar-refractivity contribution in [3.05, 3.63) is 108 Å². The van der Waals surface area contributed by atoms with Crippen LogP contribution in [0.5, 0.6) is 0 Å². The largest absolute Gasteiger partial charge is 0.459 e. The van der Waals surface area contributed by atoms with Gasteiger partial charge in [-0.3, -0.25) is 9.69 Å². The molecule has 3 aromatic rings. The Morgan fingerprint density at radius 2 is 0.778 bits per heavy atom. The first-order valence-corrected chi connectivity index (χ1v) is 15.9. The summed E-state index contributed by atoms with van der Waals surface area (Å²) in [7, 11) is 1.75. The van der Waals surface area contributed by atoms with Gasteiger partial charge in [-0.15, -0.1) is 0 Å². The Labute approximate surface area is 277 Å². The Morgan fingerprint density at radius 3 is 1.07 bits per heavy atom. The van der Waals surface area contributed by atoms with Crippen molar-refractivity contribution < 1.29 is 28.6 Å². The summed E-state index contributed by atoms with van der Waals surface area (Å²) in [5.74, 6) is -1.09. The van der Waals surface area contributed by atoms with Crippen molar-refractivity contribution in [2.75, 3.05) is 7.05 Å². The molecule has 0 saturated heterocycles. The number of alkyl halides is 1. The highest BCUT2D eigenvalue weighted by molar-refractivity contribution is 9.09. The standard InChI is InChI=1S/C25H33NO4.C12H15BrO2/c1-24(2,3)29-22(27)20(18-14-10-8-11-15-18)26(7)21(19-16-12-9-13-17-19)23(28)30-25(4,5)6;1-12(2,3)15-11(14)10(13)9-7-5-4-6-8-9/h8-17,20-21H,1-7H3;4-8,10H,1-3H3. The van der Waals surface area contributed by atoms with Crippen LogP contribution >= 0.6 is 15.9 Å². The van der Waals surface area contributed by atoms with Gasteiger partial charge in [-0.25, -0.2) is 9.59 Å². The summed E-state index contributed by atoms with van der Waals surface area (Å²) in [6.07, 6.45) is 0. The first kappa shape index (κ1) is 37.7. The molecule has 0 radical (unpaired) electrons. The lowest BCUT2D eigenvalue weighted by Gasteiger charge is -2.35. The van der Waals surface area contributed by atoms with Crippen LogP contribution in [0, 0.1) is 0 Å². The quantitative estimate of drug-likeness (QED) is 0.134. The summed E-state index contributed by atoms with van der Waals surface area (Å²) in [5.41, 5.74) is 0.653. The molecule has 8 heteroatoms. The summed E-state index contributed by atoms with van der Waals surface area (Å²) < 4.78 is 16.7. The molecular formula is C37H48BrNO6. The second-order valence-electron chi connectivity index (χ2n) is 13.7. The molecule has 244 valence electrons. The summed E-state index contributed by atoms with van der Waals surface area (Å²) in [6, 6.07) is 26.6. The van der Waals surface area contributed by atoms with E-state index in [2.05, 4.69) is 15.9 Å². The van der Waals surface area contributed by atoms with Crippen LogP contribution in [0.4, 0.5) is 0 Å². The predicted molar refractivity (Wildman–Crippen MR) is 182 cm³/mol. The summed E-state index contributed by atoms with van der Waals surface area (Å²) in [5, 5.41) is 0. The Morgan fingerprint density at radius 1 is 0.511 bits per heavy atom. The SMILES string of the molecule is CC(C)(C)OC(=O)C(Br)c1ccccc1.CN(C(C(=O)OC(C)(C)C)c1ccccc1)C(C(=O)OC(C)(C)C)c1ccccc1. The van der Waals surface area contributed by atoms with Gasteiger partial charge >= 0.3 is 17.9 Å². The molecular weight excluding hydrogens is 634 g/mol. The van der Waals surface area contributed by atoms with Crippen LogP contribution in [0.1, 0.15) is 95.9 Å². The molecule has 0 aliphatic rings. The van der Waals surface area contributed by atoms with E-state index in [1.165, 1.54) is 0 Å². The first-order chi connectivity index (χ1) is 20.8. The van der Waals surface area contributed by atoms with Crippen LogP contribution in [0.15, 0.2) is 91.0 Å². The van der Waals surface area contributed by atoms with Gasteiger partial charge in [0.1, 0.15) is 33.7 Å². The van der Waals surface area contributed by atoms with Crippen LogP contribution in [-0.4, -0.2) is 46.7 Å². The highest BCUT2D eigenvalue weighted by atomic mass is 79.9. The molecule has 0 aliphatic heterocycles. The van der Waals surface area contributed by atoms with Crippen LogP contribution in [-0.2, 0) is 28.6 Å². The van der Waals surface area contributed by atoms with Crippen molar-refractivity contribution in [1.82, 2.24) is 4.90 Å². The Hall–Kier alpha value is -3.49. The maximum atomic E-state index is 13.2. The second kappa shape index (κ2) is 16.2. The van der Waals surface area contributed by atoms with Gasteiger partial charge in [0.2, 0.25) is 0 Å². The number of halogens is 1. The smallest absolute Gasteiger partial charge is 0.328 e. The average Bonchev–Trinajstić information content (AvgIpc) is 2.92. The topological polar surface area (TPSA) is 82.1 Å². The molecule has 7 nitrogen and oxygen atoms in total. The average molecular weight is 683 g/mol. The van der Waals surface area contributed by atoms with Gasteiger partial charge in [0, 0.05) is 0 Å². The zero-order chi connectivity index (χ0) is 34.0. The number of carbonyl (C=O) groups excluding carboxylic acids is 3. The van der Waals surface area contributed by atoms with E-state index in [9.17, 15) is 14.4 Å². The lowest BCUT2D eigenvalue weighted by molar-refractivity contribution is -0.169. The van der Waals surface area contributed by atoms with E-state index in [1.807, 2.05) is 153 Å². The second-order valence-corrected chi connectivity index (χ2v) is 14.6. The molecule has 0 heterocycles. The van der Waals surface area contributed by atoms with Gasteiger partial charge in [-0.05, 0) is 86.1 Å². The molecule has 0 saturated carbocycles. The summed E-state index contributed by atoms with van der Waals surface area (Å²) in [6.45, 7) is 16.5. The number of likely N-dealkylation sites (N-methyl/N-ethyl adjacent to an activating group) is 1. The predicted octanol–water partition coefficient (Wildman–Crippen LogP) is 8.55. The third kappa shape index (κ3) is 13.2. The third-order valence-corrected chi connectivity index (χ3v) is 6.91. The number of benzene rings is 3. The lowest BCUT2D eigenvalue weighted by Crippen LogP contribution is -2.42. The molecule has 3 atom stereocenters. The molecule has 0 bridgehead atoms. The van der Waals surface area contributed by atoms with E-state index >= 15 is 0 Å². The van der Waals surface area contributed by atoms with Gasteiger partial charge < -0.3 is 14.2 Å². The summed E-state index contributed by atoms with van der Waals surface area (Å²) in [4.78, 5) is 39.5. The molecule has 0 aliphatic carbocycles. The normalized spacial score (nSPS) is 13.9. The fraction of sp³-hybridized carbons (Fsp3) is 0.432. The van der Waals surface area contributed by atoms with Crippen molar-refractivity contribution in [2.45, 2.75) is 96.0 Å². The van der Waals surface area contributed by atoms with Crippen LogP contribution in [0.3, 0.4) is 0 Å². The fourth-order valence-electron chi connectivity index (χ4n) is 4.32. The third-order valence-electron chi connectivity index (χ3n) is 6.01. The fourth-order valence-corrected chi connectivity index (χ4v) is 4.72. The van der Waals surface area contributed by atoms with Crippen molar-refractivity contribution in [1.29, 1.82) is 0 Å². The van der Waals surface area contributed by atoms with Crippen LogP contribution in [0.2, 0.25) is 0 Å². The molecule has 0 spiro atoms. The molecule has 0 amide bonds.